The molecule has 0 fully saturated rings. The number of aryl methyl sites for hydroxylation is 1. The summed E-state index contributed by atoms with van der Waals surface area (Å²) in [7, 11) is 0. The molecule has 2 rings (SSSR count). The molecule has 17 heavy (non-hydrogen) atoms. The van der Waals surface area contributed by atoms with E-state index in [1.54, 1.807) is 6.07 Å². The molecule has 3 heteroatoms. The van der Waals surface area contributed by atoms with Crippen molar-refractivity contribution >= 4 is 11.6 Å². The Balaban J connectivity index is 2.72. The number of benzene rings is 1. The summed E-state index contributed by atoms with van der Waals surface area (Å²) in [6, 6.07) is 1.80. The first-order valence-corrected chi connectivity index (χ1v) is 6.41. The van der Waals surface area contributed by atoms with Crippen molar-refractivity contribution in [2.75, 3.05) is 0 Å². The first-order chi connectivity index (χ1) is 7.84. The number of rotatable bonds is 1. The average molecular weight is 255 g/mol. The van der Waals surface area contributed by atoms with E-state index in [0.29, 0.717) is 10.6 Å². The molecule has 1 aliphatic rings. The van der Waals surface area contributed by atoms with Gasteiger partial charge in [0.25, 0.3) is 0 Å². The third-order valence-electron chi connectivity index (χ3n) is 3.81. The fourth-order valence-corrected chi connectivity index (χ4v) is 3.43. The lowest BCUT2D eigenvalue weighted by molar-refractivity contribution is -0.0425. The third kappa shape index (κ3) is 2.10. The second kappa shape index (κ2) is 4.27. The van der Waals surface area contributed by atoms with Crippen LogP contribution in [0.2, 0.25) is 5.02 Å². The Hall–Kier alpha value is -0.570. The SMILES string of the molecule is Cc1cc(C(O)O)c(Cl)c2c1CCCC2(C)C. The zero-order valence-corrected chi connectivity index (χ0v) is 11.3. The second-order valence-corrected chi connectivity index (χ2v) is 5.94. The van der Waals surface area contributed by atoms with Crippen molar-refractivity contribution in [3.05, 3.63) is 33.3 Å². The second-order valence-electron chi connectivity index (χ2n) is 5.56. The van der Waals surface area contributed by atoms with Gasteiger partial charge >= 0.3 is 0 Å². The van der Waals surface area contributed by atoms with Gasteiger partial charge in [-0.2, -0.15) is 0 Å². The minimum atomic E-state index is -1.50. The van der Waals surface area contributed by atoms with Gasteiger partial charge in [-0.1, -0.05) is 25.4 Å². The van der Waals surface area contributed by atoms with Crippen LogP contribution < -0.4 is 0 Å². The monoisotopic (exact) mass is 254 g/mol. The molecule has 0 unspecified atom stereocenters. The molecule has 0 spiro atoms. The van der Waals surface area contributed by atoms with Crippen molar-refractivity contribution < 1.29 is 10.2 Å². The van der Waals surface area contributed by atoms with Crippen molar-refractivity contribution in [2.45, 2.75) is 51.7 Å². The van der Waals surface area contributed by atoms with Gasteiger partial charge in [-0.05, 0) is 54.4 Å². The van der Waals surface area contributed by atoms with Gasteiger partial charge in [0.2, 0.25) is 0 Å². The summed E-state index contributed by atoms with van der Waals surface area (Å²) in [6.07, 6.45) is 1.79. The van der Waals surface area contributed by atoms with Crippen molar-refractivity contribution in [1.82, 2.24) is 0 Å². The quantitative estimate of drug-likeness (QED) is 0.756. The van der Waals surface area contributed by atoms with Crippen LogP contribution in [0.25, 0.3) is 0 Å². The molecule has 0 bridgehead atoms. The summed E-state index contributed by atoms with van der Waals surface area (Å²) in [5.74, 6) is 0. The van der Waals surface area contributed by atoms with Gasteiger partial charge in [0.1, 0.15) is 0 Å². The molecule has 94 valence electrons. The number of hydrogen-bond acceptors (Lipinski definition) is 2. The van der Waals surface area contributed by atoms with E-state index in [1.807, 2.05) is 6.92 Å². The van der Waals surface area contributed by atoms with Crippen molar-refractivity contribution in [3.63, 3.8) is 0 Å². The Morgan fingerprint density at radius 1 is 1.35 bits per heavy atom. The Morgan fingerprint density at radius 2 is 2.00 bits per heavy atom. The van der Waals surface area contributed by atoms with Crippen LogP contribution in [-0.4, -0.2) is 10.2 Å². The fourth-order valence-electron chi connectivity index (χ4n) is 2.91. The number of hydrogen-bond donors (Lipinski definition) is 2. The number of aliphatic hydroxyl groups excluding tert-OH is 1. The molecule has 0 radical (unpaired) electrons. The summed E-state index contributed by atoms with van der Waals surface area (Å²) in [5, 5.41) is 19.3. The van der Waals surface area contributed by atoms with Gasteiger partial charge in [0, 0.05) is 5.56 Å². The van der Waals surface area contributed by atoms with E-state index < -0.39 is 6.29 Å². The van der Waals surface area contributed by atoms with E-state index in [4.69, 9.17) is 11.6 Å². The highest BCUT2D eigenvalue weighted by Crippen LogP contribution is 2.44. The normalized spacial score (nSPS) is 18.3. The Labute approximate surface area is 107 Å². The van der Waals surface area contributed by atoms with Gasteiger partial charge in [0.05, 0.1) is 5.02 Å². The molecule has 0 aromatic heterocycles. The maximum atomic E-state index is 9.37. The van der Waals surface area contributed by atoms with Crippen LogP contribution >= 0.6 is 11.6 Å². The maximum absolute atomic E-state index is 9.37. The van der Waals surface area contributed by atoms with Crippen LogP contribution in [0.15, 0.2) is 6.07 Å². The topological polar surface area (TPSA) is 40.5 Å². The maximum Gasteiger partial charge on any atom is 0.179 e. The van der Waals surface area contributed by atoms with Gasteiger partial charge < -0.3 is 10.2 Å². The summed E-state index contributed by atoms with van der Waals surface area (Å²) in [4.78, 5) is 0. The van der Waals surface area contributed by atoms with Gasteiger partial charge in [-0.25, -0.2) is 0 Å². The van der Waals surface area contributed by atoms with E-state index in [2.05, 4.69) is 13.8 Å². The molecule has 2 nitrogen and oxygen atoms in total. The predicted octanol–water partition coefficient (Wildman–Crippen LogP) is 3.25. The van der Waals surface area contributed by atoms with E-state index in [-0.39, 0.29) is 5.41 Å². The average Bonchev–Trinajstić information content (AvgIpc) is 2.21. The number of fused-ring (bicyclic) bond motifs is 1. The molecule has 1 aliphatic carbocycles. The molecule has 0 saturated heterocycles. The summed E-state index contributed by atoms with van der Waals surface area (Å²) in [5.41, 5.74) is 3.95. The van der Waals surface area contributed by atoms with E-state index in [0.717, 1.165) is 30.4 Å². The smallest absolute Gasteiger partial charge is 0.179 e. The number of aliphatic hydroxyl groups is 2. The highest BCUT2D eigenvalue weighted by atomic mass is 35.5. The minimum absolute atomic E-state index is 0.0142. The molecule has 0 aliphatic heterocycles. The molecule has 0 atom stereocenters. The third-order valence-corrected chi connectivity index (χ3v) is 4.21. The Bertz CT molecular complexity index is 450. The standard InChI is InChI=1S/C14H19ClO2/c1-8-7-10(13(16)17)12(15)11-9(8)5-4-6-14(11,2)3/h7,13,16-17H,4-6H2,1-3H3. The molecule has 0 heterocycles. The van der Waals surface area contributed by atoms with Crippen LogP contribution in [0.4, 0.5) is 0 Å². The van der Waals surface area contributed by atoms with E-state index in [9.17, 15) is 10.2 Å². The zero-order valence-electron chi connectivity index (χ0n) is 10.5. The van der Waals surface area contributed by atoms with Crippen LogP contribution in [0.5, 0.6) is 0 Å². The van der Waals surface area contributed by atoms with Gasteiger partial charge in [-0.15, -0.1) is 0 Å². The van der Waals surface area contributed by atoms with Crippen molar-refractivity contribution in [1.29, 1.82) is 0 Å². The lowest BCUT2D eigenvalue weighted by Gasteiger charge is -2.35. The van der Waals surface area contributed by atoms with Crippen LogP contribution in [0.3, 0.4) is 0 Å². The summed E-state index contributed by atoms with van der Waals surface area (Å²) in [6.45, 7) is 6.36. The first-order valence-electron chi connectivity index (χ1n) is 6.03. The van der Waals surface area contributed by atoms with Crippen LogP contribution in [0, 0.1) is 6.92 Å². The zero-order chi connectivity index (χ0) is 12.8. The summed E-state index contributed by atoms with van der Waals surface area (Å²) < 4.78 is 0. The van der Waals surface area contributed by atoms with Crippen LogP contribution in [-0.2, 0) is 11.8 Å². The highest BCUT2D eigenvalue weighted by molar-refractivity contribution is 6.32. The molecule has 0 amide bonds. The number of halogens is 1. The minimum Gasteiger partial charge on any atom is -0.364 e. The first kappa shape index (κ1) is 12.9. The molecular formula is C14H19ClO2. The lowest BCUT2D eigenvalue weighted by atomic mass is 9.71. The molecular weight excluding hydrogens is 236 g/mol. The largest absolute Gasteiger partial charge is 0.364 e. The predicted molar refractivity (Wildman–Crippen MR) is 69.3 cm³/mol. The highest BCUT2D eigenvalue weighted by Gasteiger charge is 2.32. The molecule has 2 N–H and O–H groups in total. The Kier molecular flexibility index (Phi) is 3.23. The fraction of sp³-hybridized carbons (Fsp3) is 0.571. The van der Waals surface area contributed by atoms with E-state index in [1.165, 1.54) is 5.56 Å². The van der Waals surface area contributed by atoms with Crippen molar-refractivity contribution in [3.8, 4) is 0 Å². The summed E-state index contributed by atoms with van der Waals surface area (Å²) >= 11 is 6.36. The van der Waals surface area contributed by atoms with Gasteiger partial charge in [0.15, 0.2) is 6.29 Å². The Morgan fingerprint density at radius 3 is 2.59 bits per heavy atom. The lowest BCUT2D eigenvalue weighted by Crippen LogP contribution is -2.26. The molecule has 0 saturated carbocycles. The van der Waals surface area contributed by atoms with Crippen molar-refractivity contribution in [2.24, 2.45) is 0 Å². The van der Waals surface area contributed by atoms with E-state index >= 15 is 0 Å². The molecule has 1 aromatic rings. The van der Waals surface area contributed by atoms with Crippen LogP contribution in [0.1, 0.15) is 55.2 Å². The molecule has 1 aromatic carbocycles. The van der Waals surface area contributed by atoms with Gasteiger partial charge in [-0.3, -0.25) is 0 Å².